The monoisotopic (exact) mass is 255 g/mol. The van der Waals surface area contributed by atoms with Gasteiger partial charge in [-0.2, -0.15) is 0 Å². The molecule has 2 fully saturated rings. The minimum Gasteiger partial charge on any atom is -0.368 e. The first-order valence-electron chi connectivity index (χ1n) is 6.70. The number of pyridine rings is 1. The molecule has 98 valence electrons. The second-order valence-corrected chi connectivity index (χ2v) is 5.57. The molecule has 5 heteroatoms. The lowest BCUT2D eigenvalue weighted by molar-refractivity contribution is 0.0827. The summed E-state index contributed by atoms with van der Waals surface area (Å²) < 4.78 is 0. The van der Waals surface area contributed by atoms with E-state index in [4.69, 9.17) is 0 Å². The predicted molar refractivity (Wildman–Crippen MR) is 73.9 cm³/mol. The molecule has 0 radical (unpaired) electrons. The highest BCUT2D eigenvalue weighted by Gasteiger charge is 2.43. The number of H-pyrrole nitrogens is 1. The van der Waals surface area contributed by atoms with Crippen molar-refractivity contribution in [3.8, 4) is 11.3 Å². The van der Waals surface area contributed by atoms with Gasteiger partial charge in [0.15, 0.2) is 0 Å². The Balaban J connectivity index is 1.61. The molecule has 2 aromatic heterocycles. The van der Waals surface area contributed by atoms with E-state index >= 15 is 0 Å². The molecule has 0 unspecified atom stereocenters. The molecular weight excluding hydrogens is 238 g/mol. The normalized spacial score (nSPS) is 26.3. The molecule has 2 aliphatic rings. The van der Waals surface area contributed by atoms with E-state index in [-0.39, 0.29) is 0 Å². The summed E-state index contributed by atoms with van der Waals surface area (Å²) in [6.45, 7) is 3.51. The first kappa shape index (κ1) is 11.0. The quantitative estimate of drug-likeness (QED) is 0.876. The van der Waals surface area contributed by atoms with Gasteiger partial charge in [-0.15, -0.1) is 0 Å². The Morgan fingerprint density at radius 1 is 1.16 bits per heavy atom. The topological polar surface area (TPSA) is 48.1 Å². The number of likely N-dealkylation sites (N-methyl/N-ethyl adjacent to an activating group) is 1. The van der Waals surface area contributed by atoms with Gasteiger partial charge in [0.1, 0.15) is 0 Å². The number of aromatic amines is 1. The van der Waals surface area contributed by atoms with Crippen LogP contribution in [0.2, 0.25) is 0 Å². The summed E-state index contributed by atoms with van der Waals surface area (Å²) in [4.78, 5) is 16.5. The lowest BCUT2D eigenvalue weighted by Gasteiger charge is -2.40. The third-order valence-electron chi connectivity index (χ3n) is 4.39. The van der Waals surface area contributed by atoms with Crippen LogP contribution in [0.4, 0.5) is 5.69 Å². The molecule has 2 aliphatic heterocycles. The SMILES string of the molecule is CN1C[C@H]2CN(c3cncc(-c4cnc[nH]4)c3)C[C@H]21. The number of nitrogens with zero attached hydrogens (tertiary/aromatic N) is 4. The van der Waals surface area contributed by atoms with Gasteiger partial charge in [0.05, 0.1) is 30.1 Å². The van der Waals surface area contributed by atoms with E-state index in [1.165, 1.54) is 12.2 Å². The highest BCUT2D eigenvalue weighted by Crippen LogP contribution is 2.34. The van der Waals surface area contributed by atoms with Crippen LogP contribution in [0.5, 0.6) is 0 Å². The van der Waals surface area contributed by atoms with Gasteiger partial charge in [-0.25, -0.2) is 4.98 Å². The van der Waals surface area contributed by atoms with Crippen LogP contribution in [-0.2, 0) is 0 Å². The van der Waals surface area contributed by atoms with Crippen molar-refractivity contribution >= 4 is 5.69 Å². The molecule has 0 aliphatic carbocycles. The number of rotatable bonds is 2. The Kier molecular flexibility index (Phi) is 2.35. The molecule has 0 amide bonds. The predicted octanol–water partition coefficient (Wildman–Crippen LogP) is 1.22. The summed E-state index contributed by atoms with van der Waals surface area (Å²) in [7, 11) is 2.21. The molecule has 1 N–H and O–H groups in total. The number of nitrogens with one attached hydrogen (secondary N) is 1. The summed E-state index contributed by atoms with van der Waals surface area (Å²) in [6, 6.07) is 2.93. The third-order valence-corrected chi connectivity index (χ3v) is 4.39. The number of imidazole rings is 1. The second-order valence-electron chi connectivity index (χ2n) is 5.57. The van der Waals surface area contributed by atoms with Crippen molar-refractivity contribution in [2.24, 2.45) is 5.92 Å². The van der Waals surface area contributed by atoms with Crippen LogP contribution in [0.3, 0.4) is 0 Å². The number of fused-ring (bicyclic) bond motifs is 1. The Morgan fingerprint density at radius 2 is 2.11 bits per heavy atom. The molecule has 0 bridgehead atoms. The van der Waals surface area contributed by atoms with Gasteiger partial charge < -0.3 is 14.8 Å². The van der Waals surface area contributed by atoms with Crippen LogP contribution in [0, 0.1) is 5.92 Å². The molecule has 0 saturated carbocycles. The fraction of sp³-hybridized carbons (Fsp3) is 0.429. The van der Waals surface area contributed by atoms with Crippen LogP contribution in [0.15, 0.2) is 31.0 Å². The number of aromatic nitrogens is 3. The maximum Gasteiger partial charge on any atom is 0.0924 e. The molecule has 2 aromatic rings. The first-order valence-corrected chi connectivity index (χ1v) is 6.70. The van der Waals surface area contributed by atoms with Crippen LogP contribution in [-0.4, -0.2) is 52.6 Å². The first-order chi connectivity index (χ1) is 9.31. The Hall–Kier alpha value is -1.88. The van der Waals surface area contributed by atoms with Crippen LogP contribution in [0.1, 0.15) is 0 Å². The highest BCUT2D eigenvalue weighted by atomic mass is 15.3. The summed E-state index contributed by atoms with van der Waals surface area (Å²) in [5, 5.41) is 0. The number of hydrogen-bond donors (Lipinski definition) is 1. The fourth-order valence-electron chi connectivity index (χ4n) is 3.27. The van der Waals surface area contributed by atoms with Crippen LogP contribution < -0.4 is 4.90 Å². The largest absolute Gasteiger partial charge is 0.368 e. The highest BCUT2D eigenvalue weighted by molar-refractivity contribution is 5.63. The standard InChI is InChI=1S/C14H17N5/c1-18-6-11-7-19(8-14(11)18)12-2-10(3-15-4-12)13-5-16-9-17-13/h2-5,9,11,14H,6-8H2,1H3,(H,16,17)/t11-,14+/m0/s1. The minimum atomic E-state index is 0.732. The van der Waals surface area contributed by atoms with Crippen molar-refractivity contribution in [3.63, 3.8) is 0 Å². The Morgan fingerprint density at radius 3 is 2.84 bits per heavy atom. The molecule has 0 spiro atoms. The van der Waals surface area contributed by atoms with Gasteiger partial charge in [-0.05, 0) is 13.1 Å². The molecule has 4 heterocycles. The third kappa shape index (κ3) is 1.73. The van der Waals surface area contributed by atoms with E-state index in [1.807, 2.05) is 18.6 Å². The van der Waals surface area contributed by atoms with E-state index in [0.717, 1.165) is 36.3 Å². The zero-order valence-electron chi connectivity index (χ0n) is 11.0. The second kappa shape index (κ2) is 4.06. The van der Waals surface area contributed by atoms with Gasteiger partial charge in [-0.3, -0.25) is 4.98 Å². The summed E-state index contributed by atoms with van der Waals surface area (Å²) in [5.41, 5.74) is 3.34. The van der Waals surface area contributed by atoms with Crippen molar-refractivity contribution in [1.82, 2.24) is 19.9 Å². The molecule has 5 nitrogen and oxygen atoms in total. The molecular formula is C14H17N5. The Bertz CT molecular complexity index is 579. The molecule has 0 aromatic carbocycles. The van der Waals surface area contributed by atoms with E-state index in [0.29, 0.717) is 0 Å². The van der Waals surface area contributed by atoms with Gasteiger partial charge in [-0.1, -0.05) is 0 Å². The van der Waals surface area contributed by atoms with Crippen molar-refractivity contribution in [1.29, 1.82) is 0 Å². The average molecular weight is 255 g/mol. The molecule has 4 rings (SSSR count). The van der Waals surface area contributed by atoms with Crippen LogP contribution >= 0.6 is 0 Å². The van der Waals surface area contributed by atoms with Crippen molar-refractivity contribution in [2.75, 3.05) is 31.6 Å². The van der Waals surface area contributed by atoms with Gasteiger partial charge in [0, 0.05) is 43.4 Å². The van der Waals surface area contributed by atoms with Gasteiger partial charge >= 0.3 is 0 Å². The maximum atomic E-state index is 4.37. The van der Waals surface area contributed by atoms with Gasteiger partial charge in [0.25, 0.3) is 0 Å². The zero-order valence-corrected chi connectivity index (χ0v) is 11.0. The number of anilines is 1. The fourth-order valence-corrected chi connectivity index (χ4v) is 3.27. The number of hydrogen-bond acceptors (Lipinski definition) is 4. The van der Waals surface area contributed by atoms with E-state index in [1.54, 1.807) is 6.33 Å². The Labute approximate surface area is 112 Å². The van der Waals surface area contributed by atoms with Crippen molar-refractivity contribution in [3.05, 3.63) is 31.0 Å². The lowest BCUT2D eigenvalue weighted by Crippen LogP contribution is -2.52. The van der Waals surface area contributed by atoms with E-state index in [2.05, 4.69) is 37.9 Å². The van der Waals surface area contributed by atoms with Crippen molar-refractivity contribution in [2.45, 2.75) is 6.04 Å². The lowest BCUT2D eigenvalue weighted by atomic mass is 9.93. The average Bonchev–Trinajstić information content (AvgIpc) is 3.06. The van der Waals surface area contributed by atoms with Crippen molar-refractivity contribution < 1.29 is 0 Å². The summed E-state index contributed by atoms with van der Waals surface area (Å²) in [6.07, 6.45) is 7.38. The zero-order chi connectivity index (χ0) is 12.8. The summed E-state index contributed by atoms with van der Waals surface area (Å²) >= 11 is 0. The van der Waals surface area contributed by atoms with E-state index < -0.39 is 0 Å². The molecule has 2 saturated heterocycles. The minimum absolute atomic E-state index is 0.732. The van der Waals surface area contributed by atoms with Crippen LogP contribution in [0.25, 0.3) is 11.3 Å². The molecule has 2 atom stereocenters. The smallest absolute Gasteiger partial charge is 0.0924 e. The van der Waals surface area contributed by atoms with E-state index in [9.17, 15) is 0 Å². The maximum absolute atomic E-state index is 4.37. The number of likely N-dealkylation sites (tertiary alicyclic amines) is 1. The van der Waals surface area contributed by atoms with Gasteiger partial charge in [0.2, 0.25) is 0 Å². The summed E-state index contributed by atoms with van der Waals surface area (Å²) in [5.74, 6) is 0.834. The molecule has 19 heavy (non-hydrogen) atoms.